The largest absolute Gasteiger partial charge is 0.309 e. The van der Waals surface area contributed by atoms with Crippen molar-refractivity contribution >= 4 is 53.4 Å². The van der Waals surface area contributed by atoms with E-state index in [-0.39, 0.29) is 0 Å². The van der Waals surface area contributed by atoms with Gasteiger partial charge in [-0.3, -0.25) is 0 Å². The minimum atomic E-state index is 1.10. The van der Waals surface area contributed by atoms with Gasteiger partial charge in [-0.2, -0.15) is 0 Å². The summed E-state index contributed by atoms with van der Waals surface area (Å²) in [5.41, 5.74) is 6.11. The van der Waals surface area contributed by atoms with Gasteiger partial charge < -0.3 is 4.57 Å². The van der Waals surface area contributed by atoms with E-state index < -0.39 is 0 Å². The molecule has 0 aliphatic rings. The number of rotatable bonds is 2. The van der Waals surface area contributed by atoms with Crippen LogP contribution >= 0.6 is 11.3 Å². The van der Waals surface area contributed by atoms with Gasteiger partial charge in [0.2, 0.25) is 0 Å². The molecule has 4 aromatic carbocycles. The van der Waals surface area contributed by atoms with Crippen LogP contribution in [0.5, 0.6) is 0 Å². The summed E-state index contributed by atoms with van der Waals surface area (Å²) < 4.78 is 3.70. The van der Waals surface area contributed by atoms with Crippen LogP contribution in [-0.4, -0.2) is 9.55 Å². The van der Waals surface area contributed by atoms with Gasteiger partial charge in [-0.1, -0.05) is 66.7 Å². The number of aromatic nitrogens is 2. The summed E-state index contributed by atoms with van der Waals surface area (Å²) in [4.78, 5) is 5.72. The number of nitrogens with zero attached hydrogens (tertiary/aromatic N) is 2. The van der Waals surface area contributed by atoms with Gasteiger partial charge in [0.25, 0.3) is 0 Å². The zero-order chi connectivity index (χ0) is 21.1. The molecule has 0 saturated carbocycles. The molecule has 150 valence electrons. The van der Waals surface area contributed by atoms with Gasteiger partial charge in [-0.25, -0.2) is 4.98 Å². The van der Waals surface area contributed by atoms with Crippen molar-refractivity contribution in [2.75, 3.05) is 0 Å². The van der Waals surface area contributed by atoms with Gasteiger partial charge in [-0.05, 0) is 47.5 Å². The highest BCUT2D eigenvalue weighted by molar-refractivity contribution is 7.26. The Balaban J connectivity index is 1.53. The van der Waals surface area contributed by atoms with E-state index in [1.165, 1.54) is 54.1 Å². The standard InChI is InChI=1S/C29H18N2S/c1-2-7-19(8-3-1)20-12-14-21(15-13-20)31-25-11-5-4-9-24(25)27-26(31)17-16-22-23-10-6-18-30-29(23)32-28(22)27/h1-18H. The fourth-order valence-corrected chi connectivity index (χ4v) is 6.03. The molecular weight excluding hydrogens is 408 g/mol. The van der Waals surface area contributed by atoms with Gasteiger partial charge >= 0.3 is 0 Å². The summed E-state index contributed by atoms with van der Waals surface area (Å²) in [6.07, 6.45) is 1.88. The van der Waals surface area contributed by atoms with Gasteiger partial charge in [-0.15, -0.1) is 11.3 Å². The molecule has 0 saturated heterocycles. The number of para-hydroxylation sites is 1. The van der Waals surface area contributed by atoms with E-state index >= 15 is 0 Å². The van der Waals surface area contributed by atoms with Crippen LogP contribution in [-0.2, 0) is 0 Å². The fraction of sp³-hybridized carbons (Fsp3) is 0. The number of fused-ring (bicyclic) bond motifs is 7. The van der Waals surface area contributed by atoms with Crippen molar-refractivity contribution in [1.82, 2.24) is 9.55 Å². The number of hydrogen-bond acceptors (Lipinski definition) is 2. The molecule has 7 rings (SSSR count). The van der Waals surface area contributed by atoms with E-state index in [4.69, 9.17) is 0 Å². The van der Waals surface area contributed by atoms with Gasteiger partial charge in [0.15, 0.2) is 0 Å². The zero-order valence-corrected chi connectivity index (χ0v) is 18.0. The van der Waals surface area contributed by atoms with Crippen molar-refractivity contribution in [1.29, 1.82) is 0 Å². The van der Waals surface area contributed by atoms with Gasteiger partial charge in [0.05, 0.1) is 11.0 Å². The lowest BCUT2D eigenvalue weighted by molar-refractivity contribution is 1.18. The number of benzene rings is 4. The molecule has 0 spiro atoms. The van der Waals surface area contributed by atoms with E-state index in [1.807, 2.05) is 12.3 Å². The highest BCUT2D eigenvalue weighted by atomic mass is 32.1. The first-order chi connectivity index (χ1) is 15.9. The van der Waals surface area contributed by atoms with Crippen molar-refractivity contribution < 1.29 is 0 Å². The zero-order valence-electron chi connectivity index (χ0n) is 17.2. The van der Waals surface area contributed by atoms with Crippen molar-refractivity contribution in [2.24, 2.45) is 0 Å². The summed E-state index contributed by atoms with van der Waals surface area (Å²) >= 11 is 1.79. The predicted molar refractivity (Wildman–Crippen MR) is 137 cm³/mol. The molecule has 0 radical (unpaired) electrons. The van der Waals surface area contributed by atoms with E-state index in [2.05, 4.69) is 107 Å². The molecule has 7 aromatic rings. The minimum absolute atomic E-state index is 1.10. The van der Waals surface area contributed by atoms with Crippen LogP contribution in [0, 0.1) is 0 Å². The molecule has 3 heteroatoms. The van der Waals surface area contributed by atoms with Crippen LogP contribution in [0.4, 0.5) is 0 Å². The average molecular weight is 427 g/mol. The molecule has 2 nitrogen and oxygen atoms in total. The lowest BCUT2D eigenvalue weighted by Gasteiger charge is -2.09. The van der Waals surface area contributed by atoms with E-state index in [0.717, 1.165) is 4.83 Å². The third-order valence-corrected chi connectivity index (χ3v) is 7.43. The number of pyridine rings is 1. The SMILES string of the molecule is c1ccc(-c2ccc(-n3c4ccccc4c4c5sc6ncccc6c5ccc43)cc2)cc1. The quantitative estimate of drug-likeness (QED) is 0.272. The first kappa shape index (κ1) is 17.7. The molecule has 0 fully saturated rings. The van der Waals surface area contributed by atoms with Crippen molar-refractivity contribution in [2.45, 2.75) is 0 Å². The molecule has 0 N–H and O–H groups in total. The Hall–Kier alpha value is -3.95. The molecule has 0 aliphatic carbocycles. The Morgan fingerprint density at radius 3 is 2.19 bits per heavy atom. The van der Waals surface area contributed by atoms with Crippen molar-refractivity contribution in [3.63, 3.8) is 0 Å². The lowest BCUT2D eigenvalue weighted by atomic mass is 10.1. The maximum Gasteiger partial charge on any atom is 0.124 e. The second-order valence-electron chi connectivity index (χ2n) is 8.06. The minimum Gasteiger partial charge on any atom is -0.309 e. The molecule has 0 unspecified atom stereocenters. The Morgan fingerprint density at radius 1 is 0.562 bits per heavy atom. The Morgan fingerprint density at radius 2 is 1.31 bits per heavy atom. The third-order valence-electron chi connectivity index (χ3n) is 6.28. The number of thiophene rings is 1. The smallest absolute Gasteiger partial charge is 0.124 e. The first-order valence-electron chi connectivity index (χ1n) is 10.7. The van der Waals surface area contributed by atoms with Crippen LogP contribution < -0.4 is 0 Å². The third kappa shape index (κ3) is 2.49. The summed E-state index contributed by atoms with van der Waals surface area (Å²) in [5, 5.41) is 5.12. The first-order valence-corrected chi connectivity index (χ1v) is 11.6. The lowest BCUT2D eigenvalue weighted by Crippen LogP contribution is -1.93. The maximum atomic E-state index is 4.62. The van der Waals surface area contributed by atoms with Crippen molar-refractivity contribution in [3.8, 4) is 16.8 Å². The van der Waals surface area contributed by atoms with Crippen LogP contribution in [0.1, 0.15) is 0 Å². The topological polar surface area (TPSA) is 17.8 Å². The normalized spacial score (nSPS) is 11.8. The Labute approximate surface area is 189 Å². The maximum absolute atomic E-state index is 4.62. The molecule has 0 aliphatic heterocycles. The Bertz CT molecular complexity index is 1760. The van der Waals surface area contributed by atoms with E-state index in [1.54, 1.807) is 11.3 Å². The Kier molecular flexibility index (Phi) is 3.75. The molecule has 0 atom stereocenters. The molecule has 3 heterocycles. The van der Waals surface area contributed by atoms with E-state index in [0.29, 0.717) is 0 Å². The van der Waals surface area contributed by atoms with Crippen LogP contribution in [0.25, 0.3) is 58.9 Å². The second kappa shape index (κ2) is 6.78. The monoisotopic (exact) mass is 426 g/mol. The van der Waals surface area contributed by atoms with Gasteiger partial charge in [0, 0.05) is 38.1 Å². The van der Waals surface area contributed by atoms with Crippen LogP contribution in [0.2, 0.25) is 0 Å². The molecule has 0 bridgehead atoms. The van der Waals surface area contributed by atoms with Crippen LogP contribution in [0.15, 0.2) is 109 Å². The molecular formula is C29H18N2S. The summed E-state index contributed by atoms with van der Waals surface area (Å²) in [7, 11) is 0. The number of hydrogen-bond donors (Lipinski definition) is 0. The fourth-order valence-electron chi connectivity index (χ4n) is 4.83. The van der Waals surface area contributed by atoms with E-state index in [9.17, 15) is 0 Å². The highest BCUT2D eigenvalue weighted by Crippen LogP contribution is 2.42. The summed E-state index contributed by atoms with van der Waals surface area (Å²) in [5.74, 6) is 0. The summed E-state index contributed by atoms with van der Waals surface area (Å²) in [6, 6.07) is 36.9. The van der Waals surface area contributed by atoms with Crippen molar-refractivity contribution in [3.05, 3.63) is 109 Å². The predicted octanol–water partition coefficient (Wildman–Crippen LogP) is 8.21. The molecule has 32 heavy (non-hydrogen) atoms. The average Bonchev–Trinajstić information content (AvgIpc) is 3.40. The molecule has 0 amide bonds. The summed E-state index contributed by atoms with van der Waals surface area (Å²) in [6.45, 7) is 0. The highest BCUT2D eigenvalue weighted by Gasteiger charge is 2.17. The van der Waals surface area contributed by atoms with Crippen LogP contribution in [0.3, 0.4) is 0 Å². The van der Waals surface area contributed by atoms with Gasteiger partial charge in [0.1, 0.15) is 4.83 Å². The molecule has 3 aromatic heterocycles. The second-order valence-corrected chi connectivity index (χ2v) is 9.06.